The smallest absolute Gasteiger partial charge is 0.416 e. The minimum Gasteiger partial charge on any atom is -0.497 e. The van der Waals surface area contributed by atoms with Crippen molar-refractivity contribution in [1.29, 1.82) is 0 Å². The van der Waals surface area contributed by atoms with Gasteiger partial charge in [-0.25, -0.2) is 4.79 Å². The summed E-state index contributed by atoms with van der Waals surface area (Å²) in [7, 11) is 1.53. The third kappa shape index (κ3) is 7.59. The third-order valence-electron chi connectivity index (χ3n) is 6.84. The van der Waals surface area contributed by atoms with E-state index in [1.807, 2.05) is 44.3 Å². The number of amides is 3. The van der Waals surface area contributed by atoms with Crippen LogP contribution in [0.25, 0.3) is 10.9 Å². The number of H-pyrrole nitrogens is 1. The molecule has 41 heavy (non-hydrogen) atoms. The Hall–Kier alpha value is -4.47. The fourth-order valence-corrected chi connectivity index (χ4v) is 4.54. The SMILES string of the molecule is COc1cccc(NC(=O)N(CC(=O)N(CCc2c[nH]c3ccccc23)Cc2ccc(C(F)(F)F)cc2)C(C)C)c1. The third-order valence-corrected chi connectivity index (χ3v) is 6.84. The van der Waals surface area contributed by atoms with Crippen LogP contribution < -0.4 is 10.1 Å². The van der Waals surface area contributed by atoms with Crippen molar-refractivity contribution in [1.82, 2.24) is 14.8 Å². The number of anilines is 1. The molecule has 216 valence electrons. The van der Waals surface area contributed by atoms with Crippen LogP contribution in [0.4, 0.5) is 23.7 Å². The van der Waals surface area contributed by atoms with E-state index in [4.69, 9.17) is 4.74 Å². The summed E-state index contributed by atoms with van der Waals surface area (Å²) in [6, 6.07) is 18.8. The van der Waals surface area contributed by atoms with Crippen LogP contribution in [0.15, 0.2) is 79.0 Å². The summed E-state index contributed by atoms with van der Waals surface area (Å²) in [6.07, 6.45) is -2.03. The van der Waals surface area contributed by atoms with E-state index < -0.39 is 17.8 Å². The largest absolute Gasteiger partial charge is 0.497 e. The summed E-state index contributed by atoms with van der Waals surface area (Å²) < 4.78 is 44.5. The van der Waals surface area contributed by atoms with Crippen LogP contribution in [0.5, 0.6) is 5.75 Å². The lowest BCUT2D eigenvalue weighted by Crippen LogP contribution is -2.47. The molecule has 4 rings (SSSR count). The summed E-state index contributed by atoms with van der Waals surface area (Å²) >= 11 is 0. The monoisotopic (exact) mass is 566 g/mol. The highest BCUT2D eigenvalue weighted by molar-refractivity contribution is 5.92. The van der Waals surface area contributed by atoms with Gasteiger partial charge in [0.25, 0.3) is 0 Å². The van der Waals surface area contributed by atoms with Crippen LogP contribution in [0, 0.1) is 0 Å². The number of para-hydroxylation sites is 1. The Bertz CT molecular complexity index is 1480. The molecule has 0 aliphatic heterocycles. The number of methoxy groups -OCH3 is 1. The van der Waals surface area contributed by atoms with Gasteiger partial charge < -0.3 is 24.8 Å². The number of benzene rings is 3. The van der Waals surface area contributed by atoms with Crippen LogP contribution in [0.2, 0.25) is 0 Å². The second-order valence-corrected chi connectivity index (χ2v) is 10.0. The molecule has 0 spiro atoms. The summed E-state index contributed by atoms with van der Waals surface area (Å²) in [5.41, 5.74) is 2.32. The van der Waals surface area contributed by atoms with Gasteiger partial charge in [-0.1, -0.05) is 36.4 Å². The molecule has 4 aromatic rings. The number of rotatable bonds is 10. The molecular formula is C31H33F3N4O3. The number of alkyl halides is 3. The quantitative estimate of drug-likeness (QED) is 0.224. The van der Waals surface area contributed by atoms with Gasteiger partial charge in [-0.15, -0.1) is 0 Å². The predicted molar refractivity (Wildman–Crippen MR) is 153 cm³/mol. The Morgan fingerprint density at radius 3 is 2.41 bits per heavy atom. The molecule has 0 unspecified atom stereocenters. The zero-order valence-electron chi connectivity index (χ0n) is 23.2. The maximum atomic E-state index is 13.7. The van der Waals surface area contributed by atoms with Gasteiger partial charge in [-0.2, -0.15) is 13.2 Å². The minimum absolute atomic E-state index is 0.1000. The lowest BCUT2D eigenvalue weighted by Gasteiger charge is -2.30. The molecule has 0 aliphatic rings. The summed E-state index contributed by atoms with van der Waals surface area (Å²) in [6.45, 7) is 3.82. The fraction of sp³-hybridized carbons (Fsp3) is 0.290. The molecule has 0 saturated heterocycles. The van der Waals surface area contributed by atoms with E-state index in [2.05, 4.69) is 10.3 Å². The Labute approximate surface area is 236 Å². The van der Waals surface area contributed by atoms with Crippen LogP contribution >= 0.6 is 0 Å². The Morgan fingerprint density at radius 1 is 1.00 bits per heavy atom. The van der Waals surface area contributed by atoms with Gasteiger partial charge in [0.1, 0.15) is 12.3 Å². The van der Waals surface area contributed by atoms with Gasteiger partial charge in [-0.05, 0) is 61.7 Å². The van der Waals surface area contributed by atoms with Crippen LogP contribution in [-0.4, -0.2) is 53.0 Å². The van der Waals surface area contributed by atoms with Gasteiger partial charge in [-0.3, -0.25) is 4.79 Å². The maximum Gasteiger partial charge on any atom is 0.416 e. The zero-order chi connectivity index (χ0) is 29.6. The number of nitrogens with zero attached hydrogens (tertiary/aromatic N) is 2. The average molecular weight is 567 g/mol. The van der Waals surface area contributed by atoms with E-state index in [1.165, 1.54) is 24.1 Å². The standard InChI is InChI=1S/C31H33F3N4O3/c1-21(2)38(30(40)36-25-7-6-8-26(17-25)41-3)20-29(39)37(19-22-11-13-24(14-12-22)31(32,33)34)16-15-23-18-35-28-10-5-4-9-27(23)28/h4-14,17-18,21,35H,15-16,19-20H2,1-3H3,(H,36,40). The summed E-state index contributed by atoms with van der Waals surface area (Å²) in [5.74, 6) is 0.259. The number of ether oxygens (including phenoxy) is 1. The first-order valence-corrected chi connectivity index (χ1v) is 13.3. The molecule has 1 heterocycles. The minimum atomic E-state index is -4.45. The highest BCUT2D eigenvalue weighted by Gasteiger charge is 2.30. The molecule has 0 saturated carbocycles. The summed E-state index contributed by atoms with van der Waals surface area (Å²) in [5, 5.41) is 3.85. The first kappa shape index (κ1) is 29.5. The normalized spacial score (nSPS) is 11.5. The van der Waals surface area contributed by atoms with Gasteiger partial charge in [0.2, 0.25) is 5.91 Å². The molecular weight excluding hydrogens is 533 g/mol. The lowest BCUT2D eigenvalue weighted by molar-refractivity contribution is -0.137. The first-order chi connectivity index (χ1) is 19.5. The number of hydrogen-bond donors (Lipinski definition) is 2. The molecule has 3 amide bonds. The van der Waals surface area contributed by atoms with E-state index in [9.17, 15) is 22.8 Å². The molecule has 1 aromatic heterocycles. The Morgan fingerprint density at radius 2 is 1.73 bits per heavy atom. The van der Waals surface area contributed by atoms with Crippen LogP contribution in [-0.2, 0) is 23.9 Å². The van der Waals surface area contributed by atoms with Crippen molar-refractivity contribution in [3.63, 3.8) is 0 Å². The van der Waals surface area contributed by atoms with Crippen molar-refractivity contribution in [2.24, 2.45) is 0 Å². The molecule has 0 fully saturated rings. The van der Waals surface area contributed by atoms with Gasteiger partial charge in [0.05, 0.1) is 12.7 Å². The molecule has 7 nitrogen and oxygen atoms in total. The molecule has 10 heteroatoms. The molecule has 3 aromatic carbocycles. The van der Waals surface area contributed by atoms with Crippen molar-refractivity contribution in [3.05, 3.63) is 95.7 Å². The number of aromatic amines is 1. The highest BCUT2D eigenvalue weighted by Crippen LogP contribution is 2.29. The molecule has 0 bridgehead atoms. The number of urea groups is 1. The average Bonchev–Trinajstić information content (AvgIpc) is 3.36. The molecule has 0 atom stereocenters. The van der Waals surface area contributed by atoms with Gasteiger partial charge in [0.15, 0.2) is 0 Å². The molecule has 0 aliphatic carbocycles. The van der Waals surface area contributed by atoms with Crippen molar-refractivity contribution in [3.8, 4) is 5.75 Å². The highest BCUT2D eigenvalue weighted by atomic mass is 19.4. The Balaban J connectivity index is 1.53. The zero-order valence-corrected chi connectivity index (χ0v) is 23.2. The number of hydrogen-bond acceptors (Lipinski definition) is 3. The van der Waals surface area contributed by atoms with Crippen LogP contribution in [0.1, 0.15) is 30.5 Å². The maximum absolute atomic E-state index is 13.7. The van der Waals surface area contributed by atoms with Crippen molar-refractivity contribution in [2.45, 2.75) is 39.0 Å². The second-order valence-electron chi connectivity index (χ2n) is 10.0. The van der Waals surface area contributed by atoms with E-state index >= 15 is 0 Å². The Kier molecular flexibility index (Phi) is 9.21. The van der Waals surface area contributed by atoms with Crippen LogP contribution in [0.3, 0.4) is 0 Å². The predicted octanol–water partition coefficient (Wildman–Crippen LogP) is 6.71. The number of fused-ring (bicyclic) bond motifs is 1. The molecule has 2 N–H and O–H groups in total. The topological polar surface area (TPSA) is 77.7 Å². The fourth-order valence-electron chi connectivity index (χ4n) is 4.54. The summed E-state index contributed by atoms with van der Waals surface area (Å²) in [4.78, 5) is 33.1. The van der Waals surface area contributed by atoms with E-state index in [1.54, 1.807) is 29.2 Å². The van der Waals surface area contributed by atoms with E-state index in [0.29, 0.717) is 30.0 Å². The molecule has 0 radical (unpaired) electrons. The number of aromatic nitrogens is 1. The van der Waals surface area contributed by atoms with E-state index in [0.717, 1.165) is 28.6 Å². The van der Waals surface area contributed by atoms with Crippen molar-refractivity contribution in [2.75, 3.05) is 25.5 Å². The van der Waals surface area contributed by atoms with Crippen molar-refractivity contribution >= 4 is 28.5 Å². The van der Waals surface area contributed by atoms with Crippen molar-refractivity contribution < 1.29 is 27.5 Å². The second kappa shape index (κ2) is 12.8. The first-order valence-electron chi connectivity index (χ1n) is 13.3. The number of carbonyl (C=O) groups excluding carboxylic acids is 2. The number of carbonyl (C=O) groups is 2. The van der Waals surface area contributed by atoms with Gasteiger partial charge in [0, 0.05) is 48.0 Å². The van der Waals surface area contributed by atoms with E-state index in [-0.39, 0.29) is 25.0 Å². The lowest BCUT2D eigenvalue weighted by atomic mass is 10.1. The number of halogens is 3. The van der Waals surface area contributed by atoms with Gasteiger partial charge >= 0.3 is 12.2 Å². The number of nitrogens with one attached hydrogen (secondary N) is 2.